The fourth-order valence-electron chi connectivity index (χ4n) is 13.3. The molecule has 14 aromatic carbocycles. The maximum atomic E-state index is 2.47. The van der Waals surface area contributed by atoms with E-state index in [2.05, 4.69) is 281 Å². The molecule has 14 aromatic rings. The molecule has 0 nitrogen and oxygen atoms in total. The molecule has 1 aliphatic carbocycles. The predicted octanol–water partition coefficient (Wildman–Crippen LogP) is 20.9. The smallest absolute Gasteiger partial charge is 0.0159 e. The van der Waals surface area contributed by atoms with E-state index in [-0.39, 0.29) is 5.41 Å². The molecule has 0 heteroatoms. The highest BCUT2D eigenvalue weighted by molar-refractivity contribution is 6.25. The van der Waals surface area contributed by atoms with Crippen LogP contribution in [0, 0.1) is 0 Å². The summed E-state index contributed by atoms with van der Waals surface area (Å²) in [6, 6.07) is 99.7. The molecule has 0 unspecified atom stereocenters. The molecule has 0 spiro atoms. The normalized spacial score (nSPS) is 12.8. The zero-order chi connectivity index (χ0) is 49.8. The number of hydrogen-bond donors (Lipinski definition) is 0. The van der Waals surface area contributed by atoms with E-state index in [1.807, 2.05) is 0 Å². The monoisotopic (exact) mass is 950 g/mol. The van der Waals surface area contributed by atoms with Crippen LogP contribution in [-0.4, -0.2) is 0 Å². The Morgan fingerprint density at radius 1 is 0.187 bits per heavy atom. The molecule has 0 N–H and O–H groups in total. The molecule has 0 atom stereocenters. The van der Waals surface area contributed by atoms with Crippen LogP contribution in [0.2, 0.25) is 0 Å². The lowest BCUT2D eigenvalue weighted by molar-refractivity contribution is 0.660. The van der Waals surface area contributed by atoms with Crippen LogP contribution in [0.3, 0.4) is 0 Å². The molecule has 0 aromatic heterocycles. The van der Waals surface area contributed by atoms with Crippen molar-refractivity contribution in [1.82, 2.24) is 0 Å². The van der Waals surface area contributed by atoms with Gasteiger partial charge in [-0.1, -0.05) is 275 Å². The van der Waals surface area contributed by atoms with E-state index in [0.29, 0.717) is 0 Å². The van der Waals surface area contributed by atoms with Crippen molar-refractivity contribution in [3.8, 4) is 77.9 Å². The summed E-state index contributed by atoms with van der Waals surface area (Å²) in [6.07, 6.45) is 0. The van der Waals surface area contributed by atoms with E-state index < -0.39 is 0 Å². The van der Waals surface area contributed by atoms with Gasteiger partial charge in [-0.25, -0.2) is 0 Å². The summed E-state index contributed by atoms with van der Waals surface area (Å²) in [4.78, 5) is 0. The third-order valence-corrected chi connectivity index (χ3v) is 16.7. The summed E-state index contributed by atoms with van der Waals surface area (Å²) in [5.74, 6) is 0. The Balaban J connectivity index is 0.851. The SMILES string of the molecule is CC1(C)c2ccccc2-c2ccc(-c3c4ccccc4c(-c4ccc(-c5c6ccccc6c(-c6ccc(-c7c8ccccc8c(-c8ccccc8)c8ccccc78)cc6)c6ccccc56)cc4)c4ccccc34)cc21. The molecule has 75 heavy (non-hydrogen) atoms. The van der Waals surface area contributed by atoms with Crippen LogP contribution in [0.4, 0.5) is 0 Å². The summed E-state index contributed by atoms with van der Waals surface area (Å²) in [5, 5.41) is 15.1. The van der Waals surface area contributed by atoms with Crippen molar-refractivity contribution in [1.29, 1.82) is 0 Å². The third-order valence-electron chi connectivity index (χ3n) is 16.7. The number of benzene rings is 14. The minimum atomic E-state index is -0.0822. The van der Waals surface area contributed by atoms with Gasteiger partial charge in [-0.3, -0.25) is 0 Å². The second kappa shape index (κ2) is 16.9. The van der Waals surface area contributed by atoms with Gasteiger partial charge < -0.3 is 0 Å². The molecule has 1 aliphatic rings. The minimum Gasteiger partial charge on any atom is -0.0622 e. The number of rotatable bonds is 6. The molecule has 350 valence electrons. The summed E-state index contributed by atoms with van der Waals surface area (Å²) in [7, 11) is 0. The molecule has 0 bridgehead atoms. The molecule has 0 aliphatic heterocycles. The van der Waals surface area contributed by atoms with Gasteiger partial charge >= 0.3 is 0 Å². The molecule has 0 radical (unpaired) electrons. The van der Waals surface area contributed by atoms with Crippen molar-refractivity contribution >= 4 is 64.6 Å². The second-order valence-corrected chi connectivity index (χ2v) is 21.0. The van der Waals surface area contributed by atoms with Gasteiger partial charge in [0.1, 0.15) is 0 Å². The Morgan fingerprint density at radius 2 is 0.413 bits per heavy atom. The van der Waals surface area contributed by atoms with E-state index >= 15 is 0 Å². The predicted molar refractivity (Wildman–Crippen MR) is 322 cm³/mol. The fourth-order valence-corrected chi connectivity index (χ4v) is 13.3. The van der Waals surface area contributed by atoms with Crippen molar-refractivity contribution in [2.45, 2.75) is 19.3 Å². The molecule has 0 fully saturated rings. The van der Waals surface area contributed by atoms with E-state index in [4.69, 9.17) is 0 Å². The highest BCUT2D eigenvalue weighted by Gasteiger charge is 2.35. The van der Waals surface area contributed by atoms with Gasteiger partial charge in [-0.2, -0.15) is 0 Å². The van der Waals surface area contributed by atoms with Gasteiger partial charge in [-0.05, 0) is 160 Å². The van der Waals surface area contributed by atoms with Crippen molar-refractivity contribution in [3.63, 3.8) is 0 Å². The molecule has 15 rings (SSSR count). The van der Waals surface area contributed by atoms with Crippen LogP contribution in [0.25, 0.3) is 143 Å². The van der Waals surface area contributed by atoms with Gasteiger partial charge in [0.15, 0.2) is 0 Å². The van der Waals surface area contributed by atoms with Gasteiger partial charge in [0.05, 0.1) is 0 Å². The van der Waals surface area contributed by atoms with Crippen molar-refractivity contribution < 1.29 is 0 Å². The van der Waals surface area contributed by atoms with Crippen LogP contribution < -0.4 is 0 Å². The Morgan fingerprint density at radius 3 is 0.733 bits per heavy atom. The standard InChI is InChI=1S/C75H50/c1-75(2)67-35-19-18-22-53(67)54-45-44-52(46-68(54)75)74-65-33-16-14-31-63(65)73(64-32-15-17-34-66(64)74)51-42-40-50(41-43-51)72-61-29-12-10-27-59(61)71(60-28-11-13-30-62(60)72)49-38-36-48(37-39-49)70-57-25-8-6-23-55(57)69(47-20-4-3-5-21-47)56-24-7-9-26-58(56)70/h3-46H,1-2H3. The van der Waals surface area contributed by atoms with E-state index in [1.165, 1.54) is 154 Å². The summed E-state index contributed by atoms with van der Waals surface area (Å²) in [5.41, 5.74) is 20.4. The first-order valence-electron chi connectivity index (χ1n) is 26.3. The van der Waals surface area contributed by atoms with Gasteiger partial charge in [-0.15, -0.1) is 0 Å². The first-order chi connectivity index (χ1) is 37.0. The van der Waals surface area contributed by atoms with Gasteiger partial charge in [0.25, 0.3) is 0 Å². The summed E-state index contributed by atoms with van der Waals surface area (Å²) >= 11 is 0. The first kappa shape index (κ1) is 43.2. The summed E-state index contributed by atoms with van der Waals surface area (Å²) in [6.45, 7) is 4.75. The van der Waals surface area contributed by atoms with Crippen molar-refractivity contribution in [2.75, 3.05) is 0 Å². The number of hydrogen-bond acceptors (Lipinski definition) is 0. The highest BCUT2D eigenvalue weighted by Crippen LogP contribution is 2.52. The van der Waals surface area contributed by atoms with Crippen LogP contribution in [0.15, 0.2) is 267 Å². The van der Waals surface area contributed by atoms with Gasteiger partial charge in [0.2, 0.25) is 0 Å². The van der Waals surface area contributed by atoms with Gasteiger partial charge in [0, 0.05) is 5.41 Å². The minimum absolute atomic E-state index is 0.0822. The van der Waals surface area contributed by atoms with Crippen LogP contribution >= 0.6 is 0 Å². The maximum Gasteiger partial charge on any atom is 0.0159 e. The fraction of sp³-hybridized carbons (Fsp3) is 0.0400. The second-order valence-electron chi connectivity index (χ2n) is 21.0. The Hall–Kier alpha value is -9.36. The van der Waals surface area contributed by atoms with E-state index in [0.717, 1.165) is 0 Å². The maximum absolute atomic E-state index is 2.47. The first-order valence-corrected chi connectivity index (χ1v) is 26.3. The lowest BCUT2D eigenvalue weighted by Gasteiger charge is -2.23. The van der Waals surface area contributed by atoms with E-state index in [1.54, 1.807) is 0 Å². The Kier molecular flexibility index (Phi) is 9.72. The molecule has 0 heterocycles. The average molecular weight is 951 g/mol. The highest BCUT2D eigenvalue weighted by atomic mass is 14.4. The molecule has 0 amide bonds. The zero-order valence-corrected chi connectivity index (χ0v) is 41.9. The third kappa shape index (κ3) is 6.56. The van der Waals surface area contributed by atoms with Crippen molar-refractivity contribution in [3.05, 3.63) is 278 Å². The number of fused-ring (bicyclic) bond motifs is 9. The van der Waals surface area contributed by atoms with Crippen molar-refractivity contribution in [2.24, 2.45) is 0 Å². The zero-order valence-electron chi connectivity index (χ0n) is 41.9. The Labute approximate surface area is 437 Å². The topological polar surface area (TPSA) is 0 Å². The molecular formula is C75H50. The largest absolute Gasteiger partial charge is 0.0622 e. The quantitative estimate of drug-likeness (QED) is 0.146. The lowest BCUT2D eigenvalue weighted by Crippen LogP contribution is -2.14. The van der Waals surface area contributed by atoms with Crippen LogP contribution in [-0.2, 0) is 5.41 Å². The van der Waals surface area contributed by atoms with E-state index in [9.17, 15) is 0 Å². The lowest BCUT2D eigenvalue weighted by atomic mass is 9.80. The summed E-state index contributed by atoms with van der Waals surface area (Å²) < 4.78 is 0. The van der Waals surface area contributed by atoms with Crippen LogP contribution in [0.1, 0.15) is 25.0 Å². The molecule has 0 saturated heterocycles. The van der Waals surface area contributed by atoms with Crippen LogP contribution in [0.5, 0.6) is 0 Å². The molecule has 0 saturated carbocycles. The Bertz CT molecular complexity index is 4460. The molecular weight excluding hydrogens is 901 g/mol. The average Bonchev–Trinajstić information content (AvgIpc) is 3.70.